The van der Waals surface area contributed by atoms with E-state index in [9.17, 15) is 5.21 Å². The van der Waals surface area contributed by atoms with E-state index in [1.54, 1.807) is 16.9 Å². The van der Waals surface area contributed by atoms with Gasteiger partial charge in [0.1, 0.15) is 6.54 Å². The van der Waals surface area contributed by atoms with E-state index in [1.807, 2.05) is 6.92 Å². The van der Waals surface area contributed by atoms with Crippen LogP contribution in [0.25, 0.3) is 5.65 Å². The summed E-state index contributed by atoms with van der Waals surface area (Å²) in [6.07, 6.45) is 5.23. The van der Waals surface area contributed by atoms with Gasteiger partial charge < -0.3 is 14.6 Å². The van der Waals surface area contributed by atoms with Gasteiger partial charge in [-0.25, -0.2) is 9.51 Å². The van der Waals surface area contributed by atoms with Gasteiger partial charge in [0.15, 0.2) is 11.2 Å². The minimum Gasteiger partial charge on any atom is -0.633 e. The van der Waals surface area contributed by atoms with Gasteiger partial charge in [0.2, 0.25) is 0 Å². The van der Waals surface area contributed by atoms with Crippen molar-refractivity contribution >= 4 is 17.6 Å². The molecule has 0 saturated carbocycles. The van der Waals surface area contributed by atoms with Crippen LogP contribution < -0.4 is 5.32 Å². The SMILES string of the molecule is Cc1cncc2nc(NC3=NC[C@@]4(C[N+]5([O-])CCC4CC5)O3)nn12. The van der Waals surface area contributed by atoms with E-state index in [0.29, 0.717) is 49.7 Å². The van der Waals surface area contributed by atoms with Crippen LogP contribution in [0.1, 0.15) is 18.5 Å². The molecule has 9 nitrogen and oxygen atoms in total. The topological polar surface area (TPSA) is 99.8 Å². The number of aliphatic imine (C=N–C) groups is 1. The molecule has 3 fully saturated rings. The van der Waals surface area contributed by atoms with Crippen LogP contribution in [-0.2, 0) is 4.74 Å². The molecule has 6 heterocycles. The van der Waals surface area contributed by atoms with Crippen LogP contribution in [-0.4, -0.2) is 62.0 Å². The van der Waals surface area contributed by atoms with Gasteiger partial charge >= 0.3 is 0 Å². The van der Waals surface area contributed by atoms with Gasteiger partial charge in [-0.3, -0.25) is 10.3 Å². The van der Waals surface area contributed by atoms with E-state index >= 15 is 0 Å². The van der Waals surface area contributed by atoms with Crippen LogP contribution in [0.3, 0.4) is 0 Å². The molecule has 1 spiro atoms. The number of nitrogens with one attached hydrogen (secondary N) is 1. The van der Waals surface area contributed by atoms with Crippen molar-refractivity contribution in [2.45, 2.75) is 25.4 Å². The number of fused-ring (bicyclic) bond motifs is 3. The van der Waals surface area contributed by atoms with E-state index < -0.39 is 5.60 Å². The second-order valence-electron chi connectivity index (χ2n) is 7.11. The molecular weight excluding hydrogens is 310 g/mol. The molecule has 126 valence electrons. The summed E-state index contributed by atoms with van der Waals surface area (Å²) in [6.45, 7) is 4.36. The lowest BCUT2D eigenvalue weighted by atomic mass is 9.75. The second-order valence-corrected chi connectivity index (χ2v) is 7.11. The lowest BCUT2D eigenvalue weighted by Crippen LogP contribution is -2.67. The quantitative estimate of drug-likeness (QED) is 0.611. The number of ether oxygens (including phenoxy) is 1. The highest BCUT2D eigenvalue weighted by Crippen LogP contribution is 2.44. The molecule has 0 amide bonds. The highest BCUT2D eigenvalue weighted by atomic mass is 16.6. The van der Waals surface area contributed by atoms with Gasteiger partial charge in [-0.05, 0) is 6.92 Å². The Morgan fingerprint density at radius 3 is 2.96 bits per heavy atom. The fourth-order valence-corrected chi connectivity index (χ4v) is 4.24. The summed E-state index contributed by atoms with van der Waals surface area (Å²) < 4.78 is 7.71. The lowest BCUT2D eigenvalue weighted by Gasteiger charge is -2.58. The Morgan fingerprint density at radius 1 is 1.38 bits per heavy atom. The number of hydroxylamine groups is 3. The Hall–Kier alpha value is -2.26. The molecule has 0 aliphatic carbocycles. The van der Waals surface area contributed by atoms with E-state index in [-0.39, 0.29) is 4.65 Å². The van der Waals surface area contributed by atoms with Crippen molar-refractivity contribution in [3.8, 4) is 0 Å². The molecule has 4 aliphatic heterocycles. The first-order valence-electron chi connectivity index (χ1n) is 8.30. The van der Waals surface area contributed by atoms with E-state index in [1.165, 1.54) is 0 Å². The number of aromatic nitrogens is 4. The van der Waals surface area contributed by atoms with Crippen LogP contribution in [0, 0.1) is 18.0 Å². The fourth-order valence-electron chi connectivity index (χ4n) is 4.24. The Bertz CT molecular complexity index is 839. The third-order valence-corrected chi connectivity index (χ3v) is 5.50. The minimum atomic E-state index is -0.447. The summed E-state index contributed by atoms with van der Waals surface area (Å²) >= 11 is 0. The van der Waals surface area contributed by atoms with Crippen molar-refractivity contribution in [3.05, 3.63) is 23.3 Å². The van der Waals surface area contributed by atoms with Crippen molar-refractivity contribution in [2.24, 2.45) is 10.9 Å². The summed E-state index contributed by atoms with van der Waals surface area (Å²) in [7, 11) is 0. The third kappa shape index (κ3) is 2.01. The summed E-state index contributed by atoms with van der Waals surface area (Å²) in [6, 6.07) is 0.414. The molecule has 1 atom stereocenters. The molecule has 2 aromatic heterocycles. The largest absolute Gasteiger partial charge is 0.633 e. The van der Waals surface area contributed by atoms with Crippen LogP contribution in [0.2, 0.25) is 0 Å². The molecule has 0 aromatic carbocycles. The number of quaternary nitrogens is 1. The summed E-state index contributed by atoms with van der Waals surface area (Å²) in [5.41, 5.74) is 1.11. The second kappa shape index (κ2) is 4.64. The minimum absolute atomic E-state index is 0.142. The zero-order valence-corrected chi connectivity index (χ0v) is 13.5. The number of rotatable bonds is 1. The number of hydrogen-bond acceptors (Lipinski definition) is 7. The van der Waals surface area contributed by atoms with Gasteiger partial charge in [-0.15, -0.1) is 5.10 Å². The molecule has 4 aliphatic rings. The summed E-state index contributed by atoms with van der Waals surface area (Å²) in [5, 5.41) is 20.1. The molecule has 1 N–H and O–H groups in total. The highest BCUT2D eigenvalue weighted by molar-refractivity contribution is 5.88. The Balaban J connectivity index is 1.36. The molecule has 3 saturated heterocycles. The van der Waals surface area contributed by atoms with Crippen molar-refractivity contribution in [2.75, 3.05) is 31.5 Å². The molecule has 0 unspecified atom stereocenters. The Kier molecular flexibility index (Phi) is 2.73. The van der Waals surface area contributed by atoms with Crippen molar-refractivity contribution in [3.63, 3.8) is 0 Å². The number of hydrogen-bond donors (Lipinski definition) is 1. The first-order chi connectivity index (χ1) is 11.6. The molecule has 2 bridgehead atoms. The molecular formula is C15H19N7O2. The van der Waals surface area contributed by atoms with E-state index in [2.05, 4.69) is 25.4 Å². The number of aryl methyl sites for hydroxylation is 1. The Labute approximate surface area is 138 Å². The van der Waals surface area contributed by atoms with Gasteiger partial charge in [-0.2, -0.15) is 4.98 Å². The predicted octanol–water partition coefficient (Wildman–Crippen LogP) is 0.708. The number of anilines is 1. The van der Waals surface area contributed by atoms with E-state index in [4.69, 9.17) is 4.74 Å². The summed E-state index contributed by atoms with van der Waals surface area (Å²) in [4.78, 5) is 13.0. The lowest BCUT2D eigenvalue weighted by molar-refractivity contribution is -0.905. The average Bonchev–Trinajstić information content (AvgIpc) is 3.13. The van der Waals surface area contributed by atoms with Crippen LogP contribution in [0.4, 0.5) is 5.95 Å². The molecule has 24 heavy (non-hydrogen) atoms. The van der Waals surface area contributed by atoms with Gasteiger partial charge in [0, 0.05) is 25.0 Å². The van der Waals surface area contributed by atoms with Crippen LogP contribution in [0.5, 0.6) is 0 Å². The summed E-state index contributed by atoms with van der Waals surface area (Å²) in [5.74, 6) is 0.837. The smallest absolute Gasteiger partial charge is 0.292 e. The maximum atomic E-state index is 12.7. The van der Waals surface area contributed by atoms with Gasteiger partial charge in [0.25, 0.3) is 12.0 Å². The fraction of sp³-hybridized carbons (Fsp3) is 0.600. The monoisotopic (exact) mass is 329 g/mol. The van der Waals surface area contributed by atoms with Gasteiger partial charge in [0.05, 0.1) is 31.5 Å². The maximum Gasteiger partial charge on any atom is 0.292 e. The Morgan fingerprint density at radius 2 is 2.21 bits per heavy atom. The van der Waals surface area contributed by atoms with Gasteiger partial charge in [-0.1, -0.05) is 0 Å². The zero-order valence-electron chi connectivity index (χ0n) is 13.5. The first-order valence-corrected chi connectivity index (χ1v) is 8.30. The normalized spacial score (nSPS) is 34.6. The third-order valence-electron chi connectivity index (χ3n) is 5.50. The number of piperidine rings is 3. The van der Waals surface area contributed by atoms with E-state index in [0.717, 1.165) is 18.5 Å². The molecule has 9 heteroatoms. The highest BCUT2D eigenvalue weighted by Gasteiger charge is 2.56. The maximum absolute atomic E-state index is 12.7. The predicted molar refractivity (Wildman–Crippen MR) is 86.2 cm³/mol. The first kappa shape index (κ1) is 14.1. The zero-order chi connectivity index (χ0) is 16.4. The number of nitrogens with zero attached hydrogens (tertiary/aromatic N) is 6. The number of amidine groups is 1. The van der Waals surface area contributed by atoms with Crippen molar-refractivity contribution < 1.29 is 9.38 Å². The van der Waals surface area contributed by atoms with Crippen LogP contribution >= 0.6 is 0 Å². The molecule has 6 rings (SSSR count). The standard InChI is InChI=1S/C15H19N7O2/c1-10-6-16-7-12-18-13(20-21(10)12)19-14-17-8-15(24-14)9-22(23)4-2-11(15)3-5-22/h6-7,11H,2-5,8-9H2,1H3,(H,17,19,20)/t11?,15-,22?/m0/s1. The van der Waals surface area contributed by atoms with Crippen molar-refractivity contribution in [1.29, 1.82) is 0 Å². The molecule has 2 aromatic rings. The van der Waals surface area contributed by atoms with Crippen molar-refractivity contribution in [1.82, 2.24) is 19.6 Å². The average molecular weight is 329 g/mol. The molecule has 0 radical (unpaired) electrons. The van der Waals surface area contributed by atoms with Crippen LogP contribution in [0.15, 0.2) is 17.4 Å².